The summed E-state index contributed by atoms with van der Waals surface area (Å²) in [7, 11) is 0. The fourth-order valence-electron chi connectivity index (χ4n) is 3.30. The minimum absolute atomic E-state index is 0.264. The van der Waals surface area contributed by atoms with Gasteiger partial charge in [-0.25, -0.2) is 0 Å². The van der Waals surface area contributed by atoms with Gasteiger partial charge in [0, 0.05) is 19.1 Å². The molecule has 1 fully saturated rings. The Balaban J connectivity index is 1.98. The predicted molar refractivity (Wildman–Crippen MR) is 80.0 cm³/mol. The van der Waals surface area contributed by atoms with Gasteiger partial charge in [0.05, 0.1) is 6.61 Å². The fraction of sp³-hybridized carbons (Fsp3) is 0.647. The van der Waals surface area contributed by atoms with E-state index in [9.17, 15) is 5.11 Å². The van der Waals surface area contributed by atoms with Gasteiger partial charge in [-0.2, -0.15) is 0 Å². The smallest absolute Gasteiger partial charge is 0.0558 e. The molecule has 106 valence electrons. The van der Waals surface area contributed by atoms with E-state index >= 15 is 0 Å². The normalized spacial score (nSPS) is 23.7. The van der Waals surface area contributed by atoms with Crippen molar-refractivity contribution < 1.29 is 5.11 Å². The first-order valence-corrected chi connectivity index (χ1v) is 7.72. The molecule has 1 aliphatic carbocycles. The Morgan fingerprint density at radius 2 is 2.00 bits per heavy atom. The van der Waals surface area contributed by atoms with Gasteiger partial charge in [0.2, 0.25) is 0 Å². The summed E-state index contributed by atoms with van der Waals surface area (Å²) in [6, 6.07) is 11.3. The molecule has 1 aliphatic rings. The summed E-state index contributed by atoms with van der Waals surface area (Å²) >= 11 is 0. The van der Waals surface area contributed by atoms with Crippen LogP contribution in [-0.2, 0) is 6.54 Å². The van der Waals surface area contributed by atoms with Crippen molar-refractivity contribution in [3.05, 3.63) is 35.9 Å². The molecule has 2 nitrogen and oxygen atoms in total. The van der Waals surface area contributed by atoms with Crippen LogP contribution in [0.25, 0.3) is 0 Å². The van der Waals surface area contributed by atoms with Crippen LogP contribution in [0, 0.1) is 5.92 Å². The molecule has 0 amide bonds. The number of nitrogens with zero attached hydrogens (tertiary/aromatic N) is 1. The van der Waals surface area contributed by atoms with E-state index in [1.807, 2.05) is 0 Å². The van der Waals surface area contributed by atoms with Gasteiger partial charge in [-0.15, -0.1) is 0 Å². The zero-order valence-corrected chi connectivity index (χ0v) is 12.1. The first-order chi connectivity index (χ1) is 9.33. The molecule has 0 radical (unpaired) electrons. The number of rotatable bonds is 6. The van der Waals surface area contributed by atoms with Crippen LogP contribution in [0.2, 0.25) is 0 Å². The molecule has 0 spiro atoms. The van der Waals surface area contributed by atoms with Crippen molar-refractivity contribution in [2.24, 2.45) is 5.92 Å². The highest BCUT2D eigenvalue weighted by Gasteiger charge is 2.25. The number of aliphatic hydroxyl groups excluding tert-OH is 1. The summed E-state index contributed by atoms with van der Waals surface area (Å²) in [5.41, 5.74) is 1.36. The van der Waals surface area contributed by atoms with Crippen LogP contribution in [0.5, 0.6) is 0 Å². The van der Waals surface area contributed by atoms with Crippen LogP contribution in [0.1, 0.15) is 44.6 Å². The Bertz CT molecular complexity index is 352. The fourth-order valence-corrected chi connectivity index (χ4v) is 3.30. The third-order valence-electron chi connectivity index (χ3n) is 4.46. The molecule has 2 heteroatoms. The van der Waals surface area contributed by atoms with E-state index in [0.29, 0.717) is 6.04 Å². The van der Waals surface area contributed by atoms with E-state index in [4.69, 9.17) is 0 Å². The van der Waals surface area contributed by atoms with E-state index in [1.165, 1.54) is 37.7 Å². The summed E-state index contributed by atoms with van der Waals surface area (Å²) in [4.78, 5) is 2.48. The summed E-state index contributed by atoms with van der Waals surface area (Å²) in [5, 5.41) is 9.33. The van der Waals surface area contributed by atoms with Crippen molar-refractivity contribution in [2.45, 2.75) is 51.6 Å². The molecule has 1 N–H and O–H groups in total. The predicted octanol–water partition coefficient (Wildman–Crippen LogP) is 3.45. The lowest BCUT2D eigenvalue weighted by Gasteiger charge is -2.37. The molecular formula is C17H27NO. The maximum atomic E-state index is 9.33. The van der Waals surface area contributed by atoms with Gasteiger partial charge in [0.15, 0.2) is 0 Å². The van der Waals surface area contributed by atoms with Crippen LogP contribution in [0.3, 0.4) is 0 Å². The van der Waals surface area contributed by atoms with Crippen molar-refractivity contribution in [1.29, 1.82) is 0 Å². The van der Waals surface area contributed by atoms with Gasteiger partial charge < -0.3 is 5.11 Å². The number of benzene rings is 1. The second-order valence-electron chi connectivity index (χ2n) is 5.77. The molecule has 2 atom stereocenters. The minimum atomic E-state index is 0.264. The van der Waals surface area contributed by atoms with Gasteiger partial charge >= 0.3 is 0 Å². The van der Waals surface area contributed by atoms with Crippen LogP contribution in [0.4, 0.5) is 0 Å². The summed E-state index contributed by atoms with van der Waals surface area (Å²) in [6.45, 7) is 4.35. The maximum absolute atomic E-state index is 9.33. The van der Waals surface area contributed by atoms with Gasteiger partial charge in [-0.1, -0.05) is 56.5 Å². The zero-order valence-electron chi connectivity index (χ0n) is 12.1. The van der Waals surface area contributed by atoms with Crippen molar-refractivity contribution >= 4 is 0 Å². The number of hydrogen-bond donors (Lipinski definition) is 1. The zero-order chi connectivity index (χ0) is 13.5. The Labute approximate surface area is 117 Å². The Hall–Kier alpha value is -0.860. The molecular weight excluding hydrogens is 234 g/mol. The van der Waals surface area contributed by atoms with Crippen molar-refractivity contribution in [3.8, 4) is 0 Å². The summed E-state index contributed by atoms with van der Waals surface area (Å²) in [5.74, 6) is 0.885. The quantitative estimate of drug-likeness (QED) is 0.848. The van der Waals surface area contributed by atoms with E-state index < -0.39 is 0 Å². The van der Waals surface area contributed by atoms with Gasteiger partial charge in [0.25, 0.3) is 0 Å². The SMILES string of the molecule is CCC1CCCC(N(CCO)Cc2ccccc2)C1. The van der Waals surface area contributed by atoms with Gasteiger partial charge in [0.1, 0.15) is 0 Å². The van der Waals surface area contributed by atoms with Crippen molar-refractivity contribution in [3.63, 3.8) is 0 Å². The highest BCUT2D eigenvalue weighted by Crippen LogP contribution is 2.30. The van der Waals surface area contributed by atoms with Crippen LogP contribution in [0.15, 0.2) is 30.3 Å². The van der Waals surface area contributed by atoms with Crippen LogP contribution < -0.4 is 0 Å². The molecule has 2 rings (SSSR count). The Morgan fingerprint density at radius 1 is 1.21 bits per heavy atom. The van der Waals surface area contributed by atoms with E-state index in [2.05, 4.69) is 42.2 Å². The molecule has 0 aliphatic heterocycles. The number of aliphatic hydroxyl groups is 1. The average molecular weight is 261 g/mol. The van der Waals surface area contributed by atoms with Gasteiger partial charge in [-0.3, -0.25) is 4.90 Å². The third-order valence-corrected chi connectivity index (χ3v) is 4.46. The topological polar surface area (TPSA) is 23.5 Å². The highest BCUT2D eigenvalue weighted by molar-refractivity contribution is 5.14. The monoisotopic (exact) mass is 261 g/mol. The molecule has 0 heterocycles. The standard InChI is InChI=1S/C17H27NO/c1-2-15-9-6-10-17(13-15)18(11-12-19)14-16-7-4-3-5-8-16/h3-5,7-8,15,17,19H,2,6,9-14H2,1H3. The second kappa shape index (κ2) is 7.66. The van der Waals surface area contributed by atoms with Crippen molar-refractivity contribution in [2.75, 3.05) is 13.2 Å². The molecule has 2 unspecified atom stereocenters. The lowest BCUT2D eigenvalue weighted by molar-refractivity contribution is 0.0979. The van der Waals surface area contributed by atoms with E-state index in [0.717, 1.165) is 19.0 Å². The average Bonchev–Trinajstić information content (AvgIpc) is 2.48. The summed E-state index contributed by atoms with van der Waals surface area (Å²) < 4.78 is 0. The summed E-state index contributed by atoms with van der Waals surface area (Å²) in [6.07, 6.45) is 6.65. The Morgan fingerprint density at radius 3 is 2.68 bits per heavy atom. The minimum Gasteiger partial charge on any atom is -0.395 e. The number of hydrogen-bond acceptors (Lipinski definition) is 2. The first-order valence-electron chi connectivity index (χ1n) is 7.72. The maximum Gasteiger partial charge on any atom is 0.0558 e. The van der Waals surface area contributed by atoms with Gasteiger partial charge in [-0.05, 0) is 24.3 Å². The lowest BCUT2D eigenvalue weighted by Crippen LogP contribution is -2.40. The third kappa shape index (κ3) is 4.32. The molecule has 1 saturated carbocycles. The van der Waals surface area contributed by atoms with Crippen molar-refractivity contribution in [1.82, 2.24) is 4.90 Å². The Kier molecular flexibility index (Phi) is 5.87. The van der Waals surface area contributed by atoms with E-state index in [-0.39, 0.29) is 6.61 Å². The first kappa shape index (κ1) is 14.5. The van der Waals surface area contributed by atoms with Crippen LogP contribution in [-0.4, -0.2) is 29.2 Å². The second-order valence-corrected chi connectivity index (χ2v) is 5.77. The lowest BCUT2D eigenvalue weighted by atomic mass is 9.83. The molecule has 0 saturated heterocycles. The molecule has 1 aromatic carbocycles. The van der Waals surface area contributed by atoms with E-state index in [1.54, 1.807) is 0 Å². The largest absolute Gasteiger partial charge is 0.395 e. The molecule has 0 bridgehead atoms. The van der Waals surface area contributed by atoms with Crippen LogP contribution >= 0.6 is 0 Å². The molecule has 19 heavy (non-hydrogen) atoms. The molecule has 0 aromatic heterocycles. The molecule has 1 aromatic rings. The highest BCUT2D eigenvalue weighted by atomic mass is 16.3.